The Kier molecular flexibility index (Phi) is 6.27. The van der Waals surface area contributed by atoms with Gasteiger partial charge >= 0.3 is 0 Å². The maximum absolute atomic E-state index is 15.0. The van der Waals surface area contributed by atoms with Crippen molar-refractivity contribution in [1.29, 1.82) is 0 Å². The molecule has 0 bridgehead atoms. The third-order valence-electron chi connectivity index (χ3n) is 6.10. The van der Waals surface area contributed by atoms with Crippen LogP contribution in [0.25, 0.3) is 22.0 Å². The fourth-order valence-corrected chi connectivity index (χ4v) is 3.65. The smallest absolute Gasteiger partial charge is 0.261 e. The maximum Gasteiger partial charge on any atom is 0.261 e. The lowest BCUT2D eigenvalue weighted by Gasteiger charge is -2.22. The van der Waals surface area contributed by atoms with Gasteiger partial charge in [-0.05, 0) is 43.0 Å². The molecule has 0 radical (unpaired) electrons. The molecule has 0 saturated heterocycles. The maximum atomic E-state index is 15.0. The van der Waals surface area contributed by atoms with E-state index in [0.29, 0.717) is 12.6 Å². The topological polar surface area (TPSA) is 96.2 Å². The molecule has 3 aromatic rings. The van der Waals surface area contributed by atoms with Gasteiger partial charge in [-0.3, -0.25) is 19.4 Å². The first-order valence-electron chi connectivity index (χ1n) is 10.8. The average Bonchev–Trinajstić information content (AvgIpc) is 3.61. The third-order valence-corrected chi connectivity index (χ3v) is 6.10. The number of hydroxylamine groups is 1. The summed E-state index contributed by atoms with van der Waals surface area (Å²) in [7, 11) is 0. The van der Waals surface area contributed by atoms with E-state index in [2.05, 4.69) is 10.3 Å². The van der Waals surface area contributed by atoms with E-state index in [1.807, 2.05) is 0 Å². The van der Waals surface area contributed by atoms with Gasteiger partial charge in [-0.15, -0.1) is 0 Å². The number of hydrogen-bond acceptors (Lipinski definition) is 5. The number of amides is 1. The van der Waals surface area contributed by atoms with Crippen LogP contribution < -0.4 is 16.4 Å². The van der Waals surface area contributed by atoms with Crippen LogP contribution in [0.5, 0.6) is 0 Å². The van der Waals surface area contributed by atoms with Crippen molar-refractivity contribution in [2.75, 3.05) is 0 Å². The van der Waals surface area contributed by atoms with Crippen LogP contribution in [0.15, 0.2) is 41.5 Å². The number of carbonyl (C=O) groups is 1. The van der Waals surface area contributed by atoms with Crippen LogP contribution in [-0.2, 0) is 17.9 Å². The molecule has 3 N–H and O–H groups in total. The number of hydrogen-bond donors (Lipinski definition) is 3. The summed E-state index contributed by atoms with van der Waals surface area (Å²) in [5.74, 6) is -1.83. The standard InChI is InChI=1S/C24H26F2N4O3/c1-24(2,23(32)29-33)7-8-30-13-28-21-11-17(20(26)10-18(21)22(30)31)16-6-3-14(9-19(16)25)12-27-15-4-5-15/h3,6,9-11,13,15,27,33H,4-5,7-8,12H2,1-2H3,(H,29,32). The van der Waals surface area contributed by atoms with Gasteiger partial charge in [-0.1, -0.05) is 26.0 Å². The molecule has 0 spiro atoms. The second-order valence-electron chi connectivity index (χ2n) is 9.14. The molecular weight excluding hydrogens is 430 g/mol. The van der Waals surface area contributed by atoms with E-state index >= 15 is 0 Å². The zero-order valence-electron chi connectivity index (χ0n) is 18.5. The van der Waals surface area contributed by atoms with Gasteiger partial charge in [0.1, 0.15) is 11.6 Å². The number of aryl methyl sites for hydroxylation is 1. The normalized spacial score (nSPS) is 14.0. The number of fused-ring (bicyclic) bond motifs is 1. The Morgan fingerprint density at radius 1 is 1.18 bits per heavy atom. The molecule has 33 heavy (non-hydrogen) atoms. The number of nitrogens with zero attached hydrogens (tertiary/aromatic N) is 2. The van der Waals surface area contributed by atoms with E-state index in [9.17, 15) is 18.4 Å². The Morgan fingerprint density at radius 2 is 1.91 bits per heavy atom. The summed E-state index contributed by atoms with van der Waals surface area (Å²) in [5, 5.41) is 12.2. The minimum atomic E-state index is -0.921. The van der Waals surface area contributed by atoms with Gasteiger partial charge in [0.2, 0.25) is 5.91 Å². The fraction of sp³-hybridized carbons (Fsp3) is 0.375. The first kappa shape index (κ1) is 23.0. The Labute approximate surface area is 189 Å². The zero-order valence-corrected chi connectivity index (χ0v) is 18.5. The van der Waals surface area contributed by atoms with Crippen molar-refractivity contribution in [3.05, 3.63) is 64.2 Å². The highest BCUT2D eigenvalue weighted by molar-refractivity contribution is 5.84. The van der Waals surface area contributed by atoms with Crippen LogP contribution in [0.1, 0.15) is 38.7 Å². The molecule has 1 aromatic heterocycles. The van der Waals surface area contributed by atoms with Crippen molar-refractivity contribution in [2.45, 2.75) is 52.2 Å². The number of halogens is 2. The summed E-state index contributed by atoms with van der Waals surface area (Å²) in [6.45, 7) is 3.97. The number of nitrogens with one attached hydrogen (secondary N) is 2. The van der Waals surface area contributed by atoms with Crippen molar-refractivity contribution in [3.8, 4) is 11.1 Å². The lowest BCUT2D eigenvalue weighted by molar-refractivity contribution is -0.138. The van der Waals surface area contributed by atoms with Crippen LogP contribution in [0.4, 0.5) is 8.78 Å². The van der Waals surface area contributed by atoms with Crippen molar-refractivity contribution < 1.29 is 18.8 Å². The Balaban J connectivity index is 1.61. The van der Waals surface area contributed by atoms with Crippen molar-refractivity contribution in [3.63, 3.8) is 0 Å². The summed E-state index contributed by atoms with van der Waals surface area (Å²) in [6.07, 6.45) is 3.84. The highest BCUT2D eigenvalue weighted by Crippen LogP contribution is 2.29. The summed E-state index contributed by atoms with van der Waals surface area (Å²) in [5.41, 5.74) is 1.39. The minimum absolute atomic E-state index is 0.0344. The SMILES string of the molecule is CC(C)(CCn1cnc2cc(-c3ccc(CNC4CC4)cc3F)c(F)cc2c1=O)C(=O)NO. The van der Waals surface area contributed by atoms with Gasteiger partial charge in [0, 0.05) is 35.7 Å². The number of aromatic nitrogens is 2. The molecular formula is C24H26F2N4O3. The predicted molar refractivity (Wildman–Crippen MR) is 120 cm³/mol. The Morgan fingerprint density at radius 3 is 2.58 bits per heavy atom. The van der Waals surface area contributed by atoms with Crippen LogP contribution >= 0.6 is 0 Å². The van der Waals surface area contributed by atoms with E-state index < -0.39 is 28.5 Å². The van der Waals surface area contributed by atoms with Crippen LogP contribution in [0.3, 0.4) is 0 Å². The van der Waals surface area contributed by atoms with Crippen molar-refractivity contribution in [2.24, 2.45) is 5.41 Å². The highest BCUT2D eigenvalue weighted by atomic mass is 19.1. The predicted octanol–water partition coefficient (Wildman–Crippen LogP) is 3.52. The number of rotatable bonds is 8. The van der Waals surface area contributed by atoms with E-state index in [1.54, 1.807) is 31.5 Å². The van der Waals surface area contributed by atoms with E-state index in [0.717, 1.165) is 24.5 Å². The first-order valence-corrected chi connectivity index (χ1v) is 10.8. The summed E-state index contributed by atoms with van der Waals surface area (Å²) < 4.78 is 31.0. The van der Waals surface area contributed by atoms with E-state index in [4.69, 9.17) is 5.21 Å². The molecule has 4 rings (SSSR count). The number of benzene rings is 2. The molecule has 2 aromatic carbocycles. The van der Waals surface area contributed by atoms with Gasteiger partial charge in [0.05, 0.1) is 17.2 Å². The van der Waals surface area contributed by atoms with E-state index in [1.165, 1.54) is 23.0 Å². The molecule has 1 amide bonds. The van der Waals surface area contributed by atoms with Gasteiger partial charge in [0.15, 0.2) is 0 Å². The van der Waals surface area contributed by atoms with Crippen molar-refractivity contribution in [1.82, 2.24) is 20.3 Å². The molecule has 1 saturated carbocycles. The molecule has 1 aliphatic rings. The molecule has 0 aliphatic heterocycles. The molecule has 0 atom stereocenters. The number of carbonyl (C=O) groups excluding carboxylic acids is 1. The minimum Gasteiger partial charge on any atom is -0.310 e. The van der Waals surface area contributed by atoms with Gasteiger partial charge in [-0.25, -0.2) is 19.2 Å². The third kappa shape index (κ3) is 4.94. The Bertz CT molecular complexity index is 1270. The zero-order chi connectivity index (χ0) is 23.8. The first-order chi connectivity index (χ1) is 15.7. The van der Waals surface area contributed by atoms with Gasteiger partial charge in [-0.2, -0.15) is 0 Å². The largest absolute Gasteiger partial charge is 0.310 e. The van der Waals surface area contributed by atoms with Gasteiger partial charge < -0.3 is 5.32 Å². The van der Waals surface area contributed by atoms with Gasteiger partial charge in [0.25, 0.3) is 5.56 Å². The summed E-state index contributed by atoms with van der Waals surface area (Å²) in [6, 6.07) is 7.64. The fourth-order valence-electron chi connectivity index (χ4n) is 3.65. The van der Waals surface area contributed by atoms with Crippen LogP contribution in [0, 0.1) is 17.0 Å². The average molecular weight is 456 g/mol. The lowest BCUT2D eigenvalue weighted by Crippen LogP contribution is -2.36. The second kappa shape index (κ2) is 8.99. The molecule has 1 heterocycles. The quantitative estimate of drug-likeness (QED) is 0.356. The summed E-state index contributed by atoms with van der Waals surface area (Å²) >= 11 is 0. The molecule has 174 valence electrons. The molecule has 1 fully saturated rings. The second-order valence-corrected chi connectivity index (χ2v) is 9.14. The Hall–Kier alpha value is -3.17. The molecule has 9 heteroatoms. The molecule has 0 unspecified atom stereocenters. The van der Waals surface area contributed by atoms with Crippen molar-refractivity contribution >= 4 is 16.8 Å². The van der Waals surface area contributed by atoms with Crippen LogP contribution in [0.2, 0.25) is 0 Å². The van der Waals surface area contributed by atoms with E-state index in [-0.39, 0.29) is 35.0 Å². The monoisotopic (exact) mass is 456 g/mol. The lowest BCUT2D eigenvalue weighted by atomic mass is 9.88. The molecule has 7 nitrogen and oxygen atoms in total. The highest BCUT2D eigenvalue weighted by Gasteiger charge is 2.27. The van der Waals surface area contributed by atoms with Crippen LogP contribution in [-0.4, -0.2) is 26.7 Å². The molecule has 1 aliphatic carbocycles. The summed E-state index contributed by atoms with van der Waals surface area (Å²) in [4.78, 5) is 28.8.